The predicted molar refractivity (Wildman–Crippen MR) is 92.8 cm³/mol. The van der Waals surface area contributed by atoms with Crippen LogP contribution in [0.25, 0.3) is 0 Å². The van der Waals surface area contributed by atoms with Crippen molar-refractivity contribution < 1.29 is 19.5 Å². The third-order valence-corrected chi connectivity index (χ3v) is 6.00. The number of carbonyl (C=O) groups is 3. The van der Waals surface area contributed by atoms with E-state index in [1.807, 2.05) is 19.1 Å². The van der Waals surface area contributed by atoms with E-state index in [2.05, 4.69) is 4.98 Å². The van der Waals surface area contributed by atoms with Gasteiger partial charge in [0.2, 0.25) is 11.8 Å². The minimum atomic E-state index is -1.03. The van der Waals surface area contributed by atoms with Crippen molar-refractivity contribution in [1.82, 2.24) is 14.8 Å². The first-order valence-electron chi connectivity index (χ1n) is 8.22. The van der Waals surface area contributed by atoms with E-state index in [0.717, 1.165) is 22.2 Å². The highest BCUT2D eigenvalue weighted by molar-refractivity contribution is 8.15. The van der Waals surface area contributed by atoms with Gasteiger partial charge in [-0.05, 0) is 31.4 Å². The third kappa shape index (κ3) is 3.41. The maximum absolute atomic E-state index is 12.5. The molecule has 0 radical (unpaired) electrons. The van der Waals surface area contributed by atoms with Gasteiger partial charge in [-0.15, -0.1) is 0 Å². The molecule has 1 aromatic heterocycles. The Labute approximate surface area is 150 Å². The zero-order valence-corrected chi connectivity index (χ0v) is 15.1. The first kappa shape index (κ1) is 17.9. The van der Waals surface area contributed by atoms with Gasteiger partial charge in [0.05, 0.1) is 5.69 Å². The Balaban J connectivity index is 1.61. The molecule has 0 bridgehead atoms. The fourth-order valence-corrected chi connectivity index (χ4v) is 4.29. The Hall–Kier alpha value is -1.93. The summed E-state index contributed by atoms with van der Waals surface area (Å²) in [5.41, 5.74) is 0.561. The van der Waals surface area contributed by atoms with E-state index in [9.17, 15) is 19.5 Å². The number of aromatic nitrogens is 1. The molecule has 0 aliphatic carbocycles. The second-order valence-corrected chi connectivity index (χ2v) is 7.71. The van der Waals surface area contributed by atoms with Gasteiger partial charge in [-0.2, -0.15) is 0 Å². The van der Waals surface area contributed by atoms with Crippen molar-refractivity contribution in [3.63, 3.8) is 0 Å². The zero-order chi connectivity index (χ0) is 18.2. The van der Waals surface area contributed by atoms with Gasteiger partial charge >= 0.3 is 0 Å². The van der Waals surface area contributed by atoms with Gasteiger partial charge in [-0.3, -0.25) is 24.3 Å². The zero-order valence-electron chi connectivity index (χ0n) is 14.3. The first-order chi connectivity index (χ1) is 11.8. The van der Waals surface area contributed by atoms with Crippen molar-refractivity contribution in [1.29, 1.82) is 0 Å². The van der Waals surface area contributed by atoms with E-state index < -0.39 is 10.9 Å². The number of aryl methyl sites for hydroxylation is 1. The van der Waals surface area contributed by atoms with Crippen LogP contribution in [0, 0.1) is 6.92 Å². The number of rotatable bonds is 3. The Kier molecular flexibility index (Phi) is 4.83. The number of thioether (sulfide) groups is 1. The van der Waals surface area contributed by atoms with Gasteiger partial charge in [0, 0.05) is 32.8 Å². The molecule has 8 heteroatoms. The molecule has 0 saturated carbocycles. The summed E-state index contributed by atoms with van der Waals surface area (Å²) in [6, 6.07) is 3.74. The van der Waals surface area contributed by atoms with Gasteiger partial charge in [-0.1, -0.05) is 17.8 Å². The van der Waals surface area contributed by atoms with Crippen LogP contribution < -0.4 is 0 Å². The number of pyridine rings is 1. The predicted octanol–water partition coefficient (Wildman–Crippen LogP) is 1.28. The summed E-state index contributed by atoms with van der Waals surface area (Å²) in [5, 5.41) is 9.96. The van der Waals surface area contributed by atoms with Crippen LogP contribution in [0.3, 0.4) is 0 Å². The van der Waals surface area contributed by atoms with Crippen molar-refractivity contribution in [2.45, 2.75) is 37.0 Å². The molecular weight excluding hydrogens is 342 g/mol. The molecule has 1 N–H and O–H groups in total. The van der Waals surface area contributed by atoms with Gasteiger partial charge in [0.25, 0.3) is 5.24 Å². The molecule has 2 saturated heterocycles. The number of carbonyl (C=O) groups excluding carboxylic acids is 3. The first-order valence-corrected chi connectivity index (χ1v) is 9.10. The van der Waals surface area contributed by atoms with Gasteiger partial charge in [0.1, 0.15) is 10.9 Å². The number of likely N-dealkylation sites (tertiary alicyclic amines) is 1. The van der Waals surface area contributed by atoms with Gasteiger partial charge < -0.3 is 10.0 Å². The molecule has 7 nitrogen and oxygen atoms in total. The molecule has 2 aliphatic rings. The van der Waals surface area contributed by atoms with Crippen LogP contribution in [0.15, 0.2) is 18.3 Å². The normalized spacial score (nSPS) is 23.2. The summed E-state index contributed by atoms with van der Waals surface area (Å²) >= 11 is 0.903. The fraction of sp³-hybridized carbons (Fsp3) is 0.529. The lowest BCUT2D eigenvalue weighted by Gasteiger charge is -2.38. The van der Waals surface area contributed by atoms with E-state index in [1.165, 1.54) is 7.05 Å². The van der Waals surface area contributed by atoms with E-state index in [1.54, 1.807) is 11.1 Å². The smallest absolute Gasteiger partial charge is 0.288 e. The average Bonchev–Trinajstić information content (AvgIpc) is 2.82. The number of imide groups is 1. The van der Waals surface area contributed by atoms with Crippen molar-refractivity contribution in [3.8, 4) is 0 Å². The maximum Gasteiger partial charge on any atom is 0.288 e. The number of aliphatic hydroxyl groups is 1. The second-order valence-electron chi connectivity index (χ2n) is 6.56. The van der Waals surface area contributed by atoms with E-state index >= 15 is 0 Å². The van der Waals surface area contributed by atoms with Crippen LogP contribution in [0.2, 0.25) is 0 Å². The summed E-state index contributed by atoms with van der Waals surface area (Å²) in [4.78, 5) is 42.9. The number of piperidine rings is 1. The van der Waals surface area contributed by atoms with Crippen LogP contribution in [0.4, 0.5) is 4.79 Å². The Morgan fingerprint density at radius 3 is 2.64 bits per heavy atom. The minimum absolute atomic E-state index is 0.0145. The summed E-state index contributed by atoms with van der Waals surface area (Å²) in [6.45, 7) is 2.72. The molecule has 1 aromatic rings. The molecule has 134 valence electrons. The van der Waals surface area contributed by atoms with Crippen LogP contribution in [0.5, 0.6) is 0 Å². The lowest BCUT2D eigenvalue weighted by atomic mass is 9.85. The SMILES string of the molecule is Cc1cccnc1C1(O)CCN(C(=O)C[C@@H]2SC(=O)N(C)C2=O)CC1. The maximum atomic E-state index is 12.5. The summed E-state index contributed by atoms with van der Waals surface area (Å²) in [6.07, 6.45) is 2.48. The third-order valence-electron chi connectivity index (χ3n) is 4.88. The molecule has 3 rings (SSSR count). The minimum Gasteiger partial charge on any atom is -0.383 e. The van der Waals surface area contributed by atoms with Crippen molar-refractivity contribution in [2.75, 3.05) is 20.1 Å². The highest BCUT2D eigenvalue weighted by atomic mass is 32.2. The molecule has 1 atom stereocenters. The summed E-state index contributed by atoms with van der Waals surface area (Å²) in [5.74, 6) is -0.477. The van der Waals surface area contributed by atoms with Gasteiger partial charge in [0.15, 0.2) is 0 Å². The van der Waals surface area contributed by atoms with Crippen molar-refractivity contribution >= 4 is 28.8 Å². The molecule has 0 spiro atoms. The molecule has 3 amide bonds. The van der Waals surface area contributed by atoms with E-state index in [0.29, 0.717) is 31.6 Å². The van der Waals surface area contributed by atoms with Crippen LogP contribution >= 0.6 is 11.8 Å². The molecule has 0 aromatic carbocycles. The molecule has 2 aliphatic heterocycles. The Morgan fingerprint density at radius 1 is 1.40 bits per heavy atom. The summed E-state index contributed by atoms with van der Waals surface area (Å²) in [7, 11) is 1.43. The van der Waals surface area contributed by atoms with Crippen LogP contribution in [-0.2, 0) is 15.2 Å². The standard InChI is InChI=1S/C17H21N3O4S/c1-11-4-3-7-18-14(11)17(24)5-8-20(9-6-17)13(21)10-12-15(22)19(2)16(23)25-12/h3-4,7,12,24H,5-6,8-10H2,1-2H3/t12-/m0/s1. The monoisotopic (exact) mass is 363 g/mol. The lowest BCUT2D eigenvalue weighted by molar-refractivity contribution is -0.138. The number of nitrogens with zero attached hydrogens (tertiary/aromatic N) is 3. The fourth-order valence-electron chi connectivity index (χ4n) is 3.31. The number of hydrogen-bond donors (Lipinski definition) is 1. The highest BCUT2D eigenvalue weighted by Crippen LogP contribution is 2.34. The van der Waals surface area contributed by atoms with Gasteiger partial charge in [-0.25, -0.2) is 0 Å². The van der Waals surface area contributed by atoms with E-state index in [4.69, 9.17) is 0 Å². The molecule has 25 heavy (non-hydrogen) atoms. The van der Waals surface area contributed by atoms with E-state index in [-0.39, 0.29) is 23.5 Å². The lowest BCUT2D eigenvalue weighted by Crippen LogP contribution is -2.46. The number of amides is 3. The van der Waals surface area contributed by atoms with Crippen LogP contribution in [-0.4, -0.2) is 62.3 Å². The van der Waals surface area contributed by atoms with Crippen molar-refractivity contribution in [3.05, 3.63) is 29.6 Å². The second kappa shape index (κ2) is 6.76. The van der Waals surface area contributed by atoms with Crippen LogP contribution in [0.1, 0.15) is 30.5 Å². The Bertz CT molecular complexity index is 716. The van der Waals surface area contributed by atoms with Crippen molar-refractivity contribution in [2.24, 2.45) is 0 Å². The highest BCUT2D eigenvalue weighted by Gasteiger charge is 2.41. The molecular formula is C17H21N3O4S. The summed E-state index contributed by atoms with van der Waals surface area (Å²) < 4.78 is 0. The molecule has 3 heterocycles. The average molecular weight is 363 g/mol. The molecule has 2 fully saturated rings. The quantitative estimate of drug-likeness (QED) is 0.870. The molecule has 0 unspecified atom stereocenters. The largest absolute Gasteiger partial charge is 0.383 e. The number of hydrogen-bond acceptors (Lipinski definition) is 6. The topological polar surface area (TPSA) is 90.8 Å². The Morgan fingerprint density at radius 2 is 2.08 bits per heavy atom.